The Bertz CT molecular complexity index is 1120. The summed E-state index contributed by atoms with van der Waals surface area (Å²) in [5.74, 6) is -1.36. The minimum atomic E-state index is -1.20. The van der Waals surface area contributed by atoms with E-state index in [1.807, 2.05) is 18.3 Å². The Morgan fingerprint density at radius 1 is 1.31 bits per heavy atom. The van der Waals surface area contributed by atoms with Crippen molar-refractivity contribution in [2.75, 3.05) is 25.5 Å². The highest BCUT2D eigenvalue weighted by molar-refractivity contribution is 6.08. The van der Waals surface area contributed by atoms with Crippen molar-refractivity contribution in [2.45, 2.75) is 50.0 Å². The quantitative estimate of drug-likeness (QED) is 0.437. The number of anilines is 1. The number of aromatic nitrogens is 2. The van der Waals surface area contributed by atoms with E-state index in [0.717, 1.165) is 5.56 Å². The van der Waals surface area contributed by atoms with Crippen LogP contribution >= 0.6 is 0 Å². The van der Waals surface area contributed by atoms with E-state index < -0.39 is 18.0 Å². The zero-order valence-corrected chi connectivity index (χ0v) is 20.1. The van der Waals surface area contributed by atoms with Gasteiger partial charge >= 0.3 is 5.97 Å². The third-order valence-corrected chi connectivity index (χ3v) is 6.64. The maximum atomic E-state index is 12.5. The fourth-order valence-corrected chi connectivity index (χ4v) is 4.62. The molecule has 5 rings (SSSR count). The number of benzene rings is 1. The smallest absolute Gasteiger partial charge is 0.303 e. The second-order valence-corrected chi connectivity index (χ2v) is 9.26. The molecule has 1 unspecified atom stereocenters. The number of carbonyl (C=O) groups is 1. The number of rotatable bonds is 7. The van der Waals surface area contributed by atoms with Gasteiger partial charge in [0.2, 0.25) is 5.95 Å². The molecule has 1 saturated heterocycles. The van der Waals surface area contributed by atoms with Crippen LogP contribution in [0.5, 0.6) is 0 Å². The number of aliphatic imine (C=N–C) groups is 1. The highest BCUT2D eigenvalue weighted by Gasteiger charge is 2.47. The van der Waals surface area contributed by atoms with Crippen LogP contribution in [-0.2, 0) is 14.3 Å². The number of carbonyl (C=O) groups excluding carboxylic acids is 1. The van der Waals surface area contributed by atoms with Crippen LogP contribution in [0.25, 0.3) is 0 Å². The molecule has 11 nitrogen and oxygen atoms in total. The Balaban J connectivity index is 1.29. The molecule has 3 heterocycles. The molecule has 0 bridgehead atoms. The molecule has 5 N–H and O–H groups in total. The fraction of sp³-hybridized carbons (Fsp3) is 0.440. The highest BCUT2D eigenvalue weighted by Crippen LogP contribution is 2.33. The lowest BCUT2D eigenvalue weighted by Gasteiger charge is -2.50. The number of ether oxygens (including phenoxy) is 2. The molecule has 36 heavy (non-hydrogen) atoms. The number of hydrogen-bond donors (Lipinski definition) is 4. The average Bonchev–Trinajstić information content (AvgIpc) is 2.88. The van der Waals surface area contributed by atoms with Gasteiger partial charge in [0.1, 0.15) is 0 Å². The average molecular weight is 494 g/mol. The second-order valence-electron chi connectivity index (χ2n) is 9.26. The van der Waals surface area contributed by atoms with Crippen molar-refractivity contribution in [1.82, 2.24) is 25.5 Å². The molecule has 0 spiro atoms. The number of nitrogen functional groups attached to an aromatic ring is 1. The summed E-state index contributed by atoms with van der Waals surface area (Å²) in [6.45, 7) is 3.83. The number of nitrogens with two attached hydrogens (primary N) is 1. The van der Waals surface area contributed by atoms with E-state index in [0.29, 0.717) is 43.9 Å². The van der Waals surface area contributed by atoms with E-state index in [2.05, 4.69) is 32.4 Å². The predicted molar refractivity (Wildman–Crippen MR) is 132 cm³/mol. The fourth-order valence-electron chi connectivity index (χ4n) is 4.62. The van der Waals surface area contributed by atoms with E-state index >= 15 is 0 Å². The molecule has 3 atom stereocenters. The summed E-state index contributed by atoms with van der Waals surface area (Å²) in [4.78, 5) is 27.8. The Labute approximate surface area is 209 Å². The molecule has 2 fully saturated rings. The van der Waals surface area contributed by atoms with E-state index in [1.165, 1.54) is 0 Å². The lowest BCUT2D eigenvalue weighted by molar-refractivity contribution is -0.241. The van der Waals surface area contributed by atoms with E-state index in [1.54, 1.807) is 36.7 Å². The van der Waals surface area contributed by atoms with Gasteiger partial charge in [0.15, 0.2) is 6.10 Å². The minimum Gasteiger partial charge on any atom is -0.378 e. The van der Waals surface area contributed by atoms with Crippen LogP contribution in [0.3, 0.4) is 0 Å². The molecule has 1 aliphatic carbocycles. The first-order valence-electron chi connectivity index (χ1n) is 12.1. The number of allylic oxidation sites excluding steroid dienone is 1. The largest absolute Gasteiger partial charge is 0.378 e. The number of hydrogen-bond acceptors (Lipinski definition) is 10. The Morgan fingerprint density at radius 3 is 2.78 bits per heavy atom. The maximum Gasteiger partial charge on any atom is 0.303 e. The summed E-state index contributed by atoms with van der Waals surface area (Å²) < 4.78 is 12.2. The second kappa shape index (κ2) is 10.3. The van der Waals surface area contributed by atoms with Crippen LogP contribution < -0.4 is 16.4 Å². The Morgan fingerprint density at radius 2 is 2.06 bits per heavy atom. The van der Waals surface area contributed by atoms with Crippen LogP contribution in [0.15, 0.2) is 60.0 Å². The number of morpholine rings is 1. The van der Waals surface area contributed by atoms with Gasteiger partial charge in [-0.1, -0.05) is 30.3 Å². The predicted octanol–water partition coefficient (Wildman–Crippen LogP) is 0.694. The molecule has 2 aromatic rings. The van der Waals surface area contributed by atoms with Gasteiger partial charge < -0.3 is 30.9 Å². The molecule has 3 aliphatic rings. The third-order valence-electron chi connectivity index (χ3n) is 6.64. The van der Waals surface area contributed by atoms with Gasteiger partial charge in [0.05, 0.1) is 25.0 Å². The molecule has 1 aromatic carbocycles. The number of nitrogens with zero attached hydrogens (tertiary/aromatic N) is 4. The monoisotopic (exact) mass is 493 g/mol. The summed E-state index contributed by atoms with van der Waals surface area (Å²) in [6.07, 6.45) is 6.79. The van der Waals surface area contributed by atoms with E-state index in [4.69, 9.17) is 20.2 Å². The molecule has 190 valence electrons. The van der Waals surface area contributed by atoms with Gasteiger partial charge in [-0.2, -0.15) is 0 Å². The first-order chi connectivity index (χ1) is 17.4. The lowest BCUT2D eigenvalue weighted by Crippen LogP contribution is -2.67. The van der Waals surface area contributed by atoms with Gasteiger partial charge in [-0.3, -0.25) is 4.79 Å². The topological polar surface area (TPSA) is 147 Å². The normalized spacial score (nSPS) is 28.9. The van der Waals surface area contributed by atoms with Crippen molar-refractivity contribution >= 4 is 17.6 Å². The van der Waals surface area contributed by atoms with Crippen LogP contribution in [0.4, 0.5) is 5.95 Å². The van der Waals surface area contributed by atoms with Crippen LogP contribution in [-0.4, -0.2) is 75.5 Å². The first kappa shape index (κ1) is 24.3. The van der Waals surface area contributed by atoms with Gasteiger partial charge in [-0.05, 0) is 31.4 Å². The molecule has 1 aromatic heterocycles. The minimum absolute atomic E-state index is 0.0574. The van der Waals surface area contributed by atoms with Crippen LogP contribution in [0, 0.1) is 0 Å². The van der Waals surface area contributed by atoms with Crippen molar-refractivity contribution < 1.29 is 19.4 Å². The zero-order valence-electron chi connectivity index (χ0n) is 20.1. The van der Waals surface area contributed by atoms with Crippen LogP contribution in [0.2, 0.25) is 0 Å². The molecule has 0 radical (unpaired) electrons. The molecular formula is C25H31N7O4. The van der Waals surface area contributed by atoms with Crippen molar-refractivity contribution in [3.63, 3.8) is 0 Å². The van der Waals surface area contributed by atoms with E-state index in [9.17, 15) is 9.90 Å². The van der Waals surface area contributed by atoms with Crippen molar-refractivity contribution in [3.8, 4) is 0 Å². The van der Waals surface area contributed by atoms with E-state index in [-0.39, 0.29) is 24.1 Å². The van der Waals surface area contributed by atoms with Gasteiger partial charge in [0.25, 0.3) is 5.91 Å². The summed E-state index contributed by atoms with van der Waals surface area (Å²) in [7, 11) is 0. The van der Waals surface area contributed by atoms with Gasteiger partial charge in [-0.15, -0.1) is 0 Å². The summed E-state index contributed by atoms with van der Waals surface area (Å²) >= 11 is 0. The molecule has 1 amide bonds. The SMILES string of the molecule is C[C@H]1COCCN1C1(O[C@H]2C[C@H](NC(=O)[C@H](O)c3ccccc3)C2)N=C(c2cnc(N)nc2)C=CN1. The van der Waals surface area contributed by atoms with Crippen molar-refractivity contribution in [3.05, 3.63) is 66.1 Å². The zero-order chi connectivity index (χ0) is 25.1. The summed E-state index contributed by atoms with van der Waals surface area (Å²) in [6, 6.07) is 8.86. The number of aliphatic hydroxyl groups excluding tert-OH is 1. The maximum absolute atomic E-state index is 12.5. The Kier molecular flexibility index (Phi) is 6.97. The lowest BCUT2D eigenvalue weighted by atomic mass is 9.88. The number of nitrogens with one attached hydrogen (secondary N) is 2. The summed E-state index contributed by atoms with van der Waals surface area (Å²) in [5, 5.41) is 16.6. The molecule has 1 saturated carbocycles. The van der Waals surface area contributed by atoms with Crippen LogP contribution in [0.1, 0.15) is 37.0 Å². The number of aliphatic hydroxyl groups is 1. The Hall–Kier alpha value is -3.38. The standard InChI is InChI=1S/C25H31N7O4/c1-16-15-35-10-9-32(16)25(29-8-7-21(31-25)18-13-27-24(26)28-14-18)36-20-11-19(12-20)30-23(34)22(33)17-5-3-2-4-6-17/h2-8,13-14,16,19-20,22,29,33H,9-12,15H2,1H3,(H,30,34)(H2,26,27,28)/t16-,19-,20-,22+,25?/m0/s1. The molecule has 2 aliphatic heterocycles. The number of amides is 1. The molecular weight excluding hydrogens is 462 g/mol. The summed E-state index contributed by atoms with van der Waals surface area (Å²) in [5.41, 5.74) is 7.61. The van der Waals surface area contributed by atoms with Gasteiger partial charge in [-0.25, -0.2) is 19.9 Å². The van der Waals surface area contributed by atoms with Crippen molar-refractivity contribution in [1.29, 1.82) is 0 Å². The van der Waals surface area contributed by atoms with Gasteiger partial charge in [0, 0.05) is 42.8 Å². The molecule has 11 heteroatoms. The highest BCUT2D eigenvalue weighted by atomic mass is 16.6. The third kappa shape index (κ3) is 5.09. The van der Waals surface area contributed by atoms with Crippen molar-refractivity contribution in [2.24, 2.45) is 4.99 Å². The first-order valence-corrected chi connectivity index (χ1v) is 12.1.